The Balaban J connectivity index is 0.00000256. The van der Waals surface area contributed by atoms with Gasteiger partial charge in [-0.1, -0.05) is 24.3 Å². The first-order chi connectivity index (χ1) is 13.8. The van der Waals surface area contributed by atoms with Gasteiger partial charge in [-0.25, -0.2) is 9.98 Å². The van der Waals surface area contributed by atoms with Gasteiger partial charge in [-0.15, -0.1) is 0 Å². The van der Waals surface area contributed by atoms with E-state index in [9.17, 15) is 9.90 Å². The van der Waals surface area contributed by atoms with Gasteiger partial charge in [-0.3, -0.25) is 0 Å². The van der Waals surface area contributed by atoms with Crippen molar-refractivity contribution in [2.75, 3.05) is 5.73 Å². The van der Waals surface area contributed by atoms with Crippen LogP contribution in [0.2, 0.25) is 0 Å². The molecule has 0 saturated heterocycles. The number of aliphatic imine (C=N–C) groups is 1. The van der Waals surface area contributed by atoms with Crippen LogP contribution in [0.25, 0.3) is 0 Å². The minimum atomic E-state index is -0.941. The molecule has 2 N–H and O–H groups in total. The molecule has 0 bridgehead atoms. The van der Waals surface area contributed by atoms with E-state index < -0.39 is 11.6 Å². The van der Waals surface area contributed by atoms with Crippen LogP contribution in [0.4, 0.5) is 11.5 Å². The molecule has 1 aliphatic heterocycles. The van der Waals surface area contributed by atoms with Crippen LogP contribution in [-0.4, -0.2) is 27.2 Å². The number of nitrogen functional groups attached to an aromatic ring is 1. The fourth-order valence-corrected chi connectivity index (χ4v) is 4.35. The van der Waals surface area contributed by atoms with E-state index in [-0.39, 0.29) is 41.9 Å². The molecule has 0 unspecified atom stereocenters. The number of nitrogens with two attached hydrogens (primary N) is 1. The fraction of sp³-hybridized carbons (Fsp3) is 0.455. The van der Waals surface area contributed by atoms with Crippen LogP contribution in [0.15, 0.2) is 35.6 Å². The first-order valence-corrected chi connectivity index (χ1v) is 10.0. The van der Waals surface area contributed by atoms with Crippen LogP contribution >= 0.6 is 0 Å². The van der Waals surface area contributed by atoms with E-state index >= 15 is 0 Å². The second-order valence-electron chi connectivity index (χ2n) is 8.40. The molecule has 1 fully saturated rings. The summed E-state index contributed by atoms with van der Waals surface area (Å²) in [5.41, 5.74) is 8.82. The third-order valence-corrected chi connectivity index (χ3v) is 5.92. The third kappa shape index (κ3) is 4.68. The summed E-state index contributed by atoms with van der Waals surface area (Å²) in [6.07, 6.45) is 5.44. The normalized spacial score (nSPS) is 22.1. The summed E-state index contributed by atoms with van der Waals surface area (Å²) >= 11 is 0. The van der Waals surface area contributed by atoms with Gasteiger partial charge in [0, 0.05) is 11.5 Å². The van der Waals surface area contributed by atoms with Crippen molar-refractivity contribution in [3.8, 4) is 5.88 Å². The molecule has 0 atom stereocenters. The zero-order valence-corrected chi connectivity index (χ0v) is 19.7. The summed E-state index contributed by atoms with van der Waals surface area (Å²) in [5.74, 6) is 0.467. The van der Waals surface area contributed by atoms with E-state index in [1.165, 1.54) is 11.9 Å². The largest absolute Gasteiger partial charge is 1.00 e. The van der Waals surface area contributed by atoms with E-state index in [1.54, 1.807) is 0 Å². The SMILES string of the molecule is CC1(C)Oc2ncnc(N)c2N=C1c1ccc([C@H]2CC[C@H](CC(=O)[O-])CC2)cc1.[Na+]. The maximum Gasteiger partial charge on any atom is 1.00 e. The third-order valence-electron chi connectivity index (χ3n) is 5.92. The molecule has 7 nitrogen and oxygen atoms in total. The Morgan fingerprint density at radius 3 is 2.47 bits per heavy atom. The predicted octanol–water partition coefficient (Wildman–Crippen LogP) is -0.232. The smallest absolute Gasteiger partial charge is 0.550 e. The van der Waals surface area contributed by atoms with Crippen LogP contribution in [0.5, 0.6) is 5.88 Å². The number of carboxylic acids is 1. The van der Waals surface area contributed by atoms with Crippen molar-refractivity contribution in [2.24, 2.45) is 10.9 Å². The van der Waals surface area contributed by atoms with Crippen molar-refractivity contribution >= 4 is 23.2 Å². The van der Waals surface area contributed by atoms with Crippen LogP contribution in [0.3, 0.4) is 0 Å². The average Bonchev–Trinajstić information content (AvgIpc) is 2.67. The molecule has 0 radical (unpaired) electrons. The van der Waals surface area contributed by atoms with Crippen molar-refractivity contribution in [3.05, 3.63) is 41.7 Å². The molecule has 1 aromatic heterocycles. The minimum absolute atomic E-state index is 0. The molecule has 2 aliphatic rings. The van der Waals surface area contributed by atoms with Crippen LogP contribution in [0.1, 0.15) is 63.0 Å². The van der Waals surface area contributed by atoms with E-state index in [4.69, 9.17) is 15.5 Å². The monoisotopic (exact) mass is 416 g/mol. The first kappa shape index (κ1) is 22.7. The topological polar surface area (TPSA) is 114 Å². The molecular weight excluding hydrogens is 391 g/mol. The van der Waals surface area contributed by atoms with Gasteiger partial charge >= 0.3 is 29.6 Å². The summed E-state index contributed by atoms with van der Waals surface area (Å²) in [6, 6.07) is 8.41. The fourth-order valence-electron chi connectivity index (χ4n) is 4.35. The minimum Gasteiger partial charge on any atom is -0.550 e. The maximum absolute atomic E-state index is 10.8. The number of nitrogens with zero attached hydrogens (tertiary/aromatic N) is 3. The number of ether oxygens (including phenoxy) is 1. The number of benzene rings is 1. The summed E-state index contributed by atoms with van der Waals surface area (Å²) in [5, 5.41) is 10.8. The van der Waals surface area contributed by atoms with Gasteiger partial charge in [0.2, 0.25) is 5.88 Å². The summed E-state index contributed by atoms with van der Waals surface area (Å²) in [4.78, 5) is 23.7. The van der Waals surface area contributed by atoms with Crippen molar-refractivity contribution in [2.45, 2.75) is 57.5 Å². The average molecular weight is 416 g/mol. The van der Waals surface area contributed by atoms with Gasteiger partial charge in [0.25, 0.3) is 0 Å². The Morgan fingerprint density at radius 2 is 1.83 bits per heavy atom. The van der Waals surface area contributed by atoms with Crippen LogP contribution in [-0.2, 0) is 4.79 Å². The molecule has 2 heterocycles. The van der Waals surface area contributed by atoms with Gasteiger partial charge in [0.05, 0.1) is 5.71 Å². The van der Waals surface area contributed by atoms with Crippen LogP contribution < -0.4 is 45.1 Å². The van der Waals surface area contributed by atoms with E-state index in [0.717, 1.165) is 37.0 Å². The molecular formula is C22H25N4NaO3. The number of hydrogen-bond donors (Lipinski definition) is 1. The molecule has 30 heavy (non-hydrogen) atoms. The molecule has 2 aromatic rings. The Morgan fingerprint density at radius 1 is 1.17 bits per heavy atom. The molecule has 1 saturated carbocycles. The Hall–Kier alpha value is -1.96. The Kier molecular flexibility index (Phi) is 6.84. The van der Waals surface area contributed by atoms with Gasteiger partial charge in [0.1, 0.15) is 11.9 Å². The Bertz CT molecular complexity index is 951. The molecule has 1 aromatic carbocycles. The van der Waals surface area contributed by atoms with Crippen molar-refractivity contribution in [1.82, 2.24) is 9.97 Å². The molecule has 4 rings (SSSR count). The molecule has 0 spiro atoms. The number of aliphatic carboxylic acids is 1. The second-order valence-corrected chi connectivity index (χ2v) is 8.40. The summed E-state index contributed by atoms with van der Waals surface area (Å²) < 4.78 is 6.04. The summed E-state index contributed by atoms with van der Waals surface area (Å²) in [6.45, 7) is 3.92. The van der Waals surface area contributed by atoms with Gasteiger partial charge < -0.3 is 20.4 Å². The molecule has 8 heteroatoms. The maximum atomic E-state index is 10.8. The predicted molar refractivity (Wildman–Crippen MR) is 108 cm³/mol. The number of anilines is 1. The van der Waals surface area contributed by atoms with Crippen molar-refractivity contribution in [3.63, 3.8) is 0 Å². The number of rotatable bonds is 4. The summed E-state index contributed by atoms with van der Waals surface area (Å²) in [7, 11) is 0. The number of aromatic nitrogens is 2. The zero-order chi connectivity index (χ0) is 20.6. The molecule has 0 amide bonds. The number of fused-ring (bicyclic) bond motifs is 1. The van der Waals surface area contributed by atoms with E-state index in [2.05, 4.69) is 34.2 Å². The van der Waals surface area contributed by atoms with Gasteiger partial charge in [-0.05, 0) is 63.4 Å². The number of hydrogen-bond acceptors (Lipinski definition) is 7. The van der Waals surface area contributed by atoms with Gasteiger partial charge in [0.15, 0.2) is 11.5 Å². The molecule has 152 valence electrons. The number of carbonyl (C=O) groups is 1. The second kappa shape index (κ2) is 9.04. The Labute approximate surface area is 198 Å². The van der Waals surface area contributed by atoms with Crippen molar-refractivity contribution < 1.29 is 44.2 Å². The molecule has 1 aliphatic carbocycles. The van der Waals surface area contributed by atoms with E-state index in [0.29, 0.717) is 23.3 Å². The van der Waals surface area contributed by atoms with Gasteiger partial charge in [-0.2, -0.15) is 4.98 Å². The van der Waals surface area contributed by atoms with Crippen LogP contribution in [0, 0.1) is 5.92 Å². The number of carbonyl (C=O) groups excluding carboxylic acids is 1. The standard InChI is InChI=1S/C22H26N4O3.Na/c1-22(2)19(26-18-20(23)24-12-25-21(18)29-22)16-9-7-15(8-10-16)14-5-3-13(4-6-14)11-17(27)28;/h7-10,12-14H,3-6,11H2,1-2H3,(H,27,28)(H2,23,24,25);/q;+1/p-1/t13-,14-;. The first-order valence-electron chi connectivity index (χ1n) is 10.0. The van der Waals surface area contributed by atoms with E-state index in [1.807, 2.05) is 13.8 Å². The number of carboxylic acid groups (broad SMARTS) is 1. The zero-order valence-electron chi connectivity index (χ0n) is 17.7. The van der Waals surface area contributed by atoms with Crippen molar-refractivity contribution in [1.29, 1.82) is 0 Å². The quantitative estimate of drug-likeness (QED) is 0.689.